The largest absolute Gasteiger partial charge is 0.455 e. The molecule has 0 aliphatic heterocycles. The molecule has 1 N–H and O–H groups in total. The molecule has 4 saturated carbocycles. The lowest BCUT2D eigenvalue weighted by atomic mass is 9.48. The van der Waals surface area contributed by atoms with Crippen molar-refractivity contribution in [3.63, 3.8) is 0 Å². The molecule has 4 aliphatic carbocycles. The molecule has 2 aromatic rings. The van der Waals surface area contributed by atoms with Crippen LogP contribution in [-0.2, 0) is 16.1 Å². The highest BCUT2D eigenvalue weighted by Crippen LogP contribution is 2.62. The number of hydrogen-bond acceptors (Lipinski definition) is 8. The predicted molar refractivity (Wildman–Crippen MR) is 98.2 cm³/mol. The van der Waals surface area contributed by atoms with Gasteiger partial charge in [0, 0.05) is 17.7 Å². The van der Waals surface area contributed by atoms with Gasteiger partial charge in [-0.2, -0.15) is 0 Å². The Morgan fingerprint density at radius 1 is 1.21 bits per heavy atom. The van der Waals surface area contributed by atoms with Crippen molar-refractivity contribution in [2.45, 2.75) is 50.7 Å². The van der Waals surface area contributed by atoms with Crippen molar-refractivity contribution in [3.8, 4) is 11.5 Å². The Labute approximate surface area is 166 Å². The van der Waals surface area contributed by atoms with Gasteiger partial charge in [0.1, 0.15) is 0 Å². The number of hydrogen-bond donors (Lipinski definition) is 1. The molecule has 0 saturated heterocycles. The van der Waals surface area contributed by atoms with Crippen LogP contribution in [0.2, 0.25) is 0 Å². The minimum atomic E-state index is -0.726. The van der Waals surface area contributed by atoms with E-state index < -0.39 is 15.9 Å². The molecule has 0 spiro atoms. The first kappa shape index (κ1) is 18.2. The van der Waals surface area contributed by atoms with Gasteiger partial charge in [0.05, 0.1) is 15.9 Å². The van der Waals surface area contributed by atoms with Crippen molar-refractivity contribution < 1.29 is 24.0 Å². The summed E-state index contributed by atoms with van der Waals surface area (Å²) in [5.41, 5.74) is -0.805. The van der Waals surface area contributed by atoms with Crippen LogP contribution in [0.1, 0.15) is 44.4 Å². The summed E-state index contributed by atoms with van der Waals surface area (Å²) in [5.74, 6) is 0.863. The van der Waals surface area contributed by atoms with Gasteiger partial charge in [-0.1, -0.05) is 0 Å². The number of aliphatic hydroxyl groups is 1. The smallest absolute Gasteiger partial charge is 0.312 e. The fourth-order valence-corrected chi connectivity index (χ4v) is 5.89. The van der Waals surface area contributed by atoms with Gasteiger partial charge in [-0.15, -0.1) is 10.2 Å². The van der Waals surface area contributed by atoms with Gasteiger partial charge in [-0.05, 0) is 62.5 Å². The summed E-state index contributed by atoms with van der Waals surface area (Å²) in [6.07, 6.45) is 4.72. The molecule has 4 bridgehead atoms. The number of aromatic nitrogens is 2. The zero-order chi connectivity index (χ0) is 20.2. The maximum Gasteiger partial charge on any atom is 0.312 e. The average molecular weight is 399 g/mol. The van der Waals surface area contributed by atoms with Crippen molar-refractivity contribution in [1.29, 1.82) is 0 Å². The fraction of sp³-hybridized carbons (Fsp3) is 0.550. The number of benzene rings is 1. The van der Waals surface area contributed by atoms with Crippen LogP contribution in [0.25, 0.3) is 11.5 Å². The minimum Gasteiger partial charge on any atom is -0.455 e. The van der Waals surface area contributed by atoms with Gasteiger partial charge in [-0.3, -0.25) is 14.9 Å². The first-order valence-corrected chi connectivity index (χ1v) is 9.81. The highest BCUT2D eigenvalue weighted by atomic mass is 16.6. The number of ether oxygens (including phenoxy) is 1. The fourth-order valence-electron chi connectivity index (χ4n) is 5.89. The standard InChI is InChI=1S/C20H21N3O6/c24-18(19-6-12-5-13(7-19)9-20(25,8-12)11-19)28-10-16-21-22-17(29-16)14-1-3-15(4-2-14)23(26)27/h1-4,12-13,25H,5-11H2/t12-,13+,19?,20?. The van der Waals surface area contributed by atoms with E-state index in [1.165, 1.54) is 24.3 Å². The van der Waals surface area contributed by atoms with Crippen LogP contribution >= 0.6 is 0 Å². The number of esters is 1. The quantitative estimate of drug-likeness (QED) is 0.461. The molecule has 1 aromatic heterocycles. The van der Waals surface area contributed by atoms with Crippen molar-refractivity contribution in [3.05, 3.63) is 40.3 Å². The van der Waals surface area contributed by atoms with Gasteiger partial charge < -0.3 is 14.3 Å². The molecule has 4 aliphatic rings. The van der Waals surface area contributed by atoms with E-state index in [1.54, 1.807) is 0 Å². The summed E-state index contributed by atoms with van der Waals surface area (Å²) in [6, 6.07) is 5.77. The third kappa shape index (κ3) is 3.19. The van der Waals surface area contributed by atoms with E-state index in [0.29, 0.717) is 23.8 Å². The maximum atomic E-state index is 12.9. The Kier molecular flexibility index (Phi) is 3.99. The number of carbonyl (C=O) groups excluding carboxylic acids is 1. The van der Waals surface area contributed by atoms with Crippen molar-refractivity contribution in [1.82, 2.24) is 10.2 Å². The molecular formula is C20H21N3O6. The Bertz CT molecular complexity index is 955. The van der Waals surface area contributed by atoms with Crippen molar-refractivity contribution >= 4 is 11.7 Å². The number of non-ortho nitro benzene ring substituents is 1. The van der Waals surface area contributed by atoms with Crippen molar-refractivity contribution in [2.75, 3.05) is 0 Å². The van der Waals surface area contributed by atoms with Crippen LogP contribution in [0.15, 0.2) is 28.7 Å². The average Bonchev–Trinajstić information content (AvgIpc) is 3.13. The third-order valence-electron chi connectivity index (χ3n) is 6.58. The second kappa shape index (κ2) is 6.35. The number of nitrogens with zero attached hydrogens (tertiary/aromatic N) is 3. The molecule has 2 unspecified atom stereocenters. The number of nitro benzene ring substituents is 1. The molecule has 0 amide bonds. The Morgan fingerprint density at radius 3 is 2.52 bits per heavy atom. The molecule has 152 valence electrons. The maximum absolute atomic E-state index is 12.9. The Balaban J connectivity index is 1.25. The van der Waals surface area contributed by atoms with Crippen LogP contribution < -0.4 is 0 Å². The van der Waals surface area contributed by atoms with E-state index in [9.17, 15) is 20.0 Å². The first-order chi connectivity index (χ1) is 13.8. The molecule has 0 radical (unpaired) electrons. The van der Waals surface area contributed by atoms with E-state index in [1.807, 2.05) is 0 Å². The Hall–Kier alpha value is -2.81. The van der Waals surface area contributed by atoms with Crippen molar-refractivity contribution in [2.24, 2.45) is 17.3 Å². The second-order valence-electron chi connectivity index (χ2n) is 8.85. The van der Waals surface area contributed by atoms with Crippen LogP contribution in [-0.4, -0.2) is 31.8 Å². The molecule has 4 fully saturated rings. The van der Waals surface area contributed by atoms with Gasteiger partial charge in [-0.25, -0.2) is 0 Å². The predicted octanol–water partition coefficient (Wildman–Crippen LogP) is 3.02. The van der Waals surface area contributed by atoms with Crippen LogP contribution in [0.4, 0.5) is 5.69 Å². The number of carbonyl (C=O) groups is 1. The first-order valence-electron chi connectivity index (χ1n) is 9.81. The van der Waals surface area contributed by atoms with E-state index in [-0.39, 0.29) is 30.0 Å². The lowest BCUT2D eigenvalue weighted by molar-refractivity contribution is -0.384. The molecule has 4 atom stereocenters. The lowest BCUT2D eigenvalue weighted by Gasteiger charge is -2.58. The third-order valence-corrected chi connectivity index (χ3v) is 6.58. The summed E-state index contributed by atoms with van der Waals surface area (Å²) < 4.78 is 11.1. The Morgan fingerprint density at radius 2 is 1.90 bits per heavy atom. The molecule has 6 rings (SSSR count). The lowest BCUT2D eigenvalue weighted by Crippen LogP contribution is -2.58. The van der Waals surface area contributed by atoms with Crippen LogP contribution in [0.3, 0.4) is 0 Å². The summed E-state index contributed by atoms with van der Waals surface area (Å²) in [7, 11) is 0. The molecule has 9 nitrogen and oxygen atoms in total. The van der Waals surface area contributed by atoms with E-state index in [0.717, 1.165) is 32.1 Å². The summed E-state index contributed by atoms with van der Waals surface area (Å²) >= 11 is 0. The van der Waals surface area contributed by atoms with E-state index in [4.69, 9.17) is 9.15 Å². The summed E-state index contributed by atoms with van der Waals surface area (Å²) in [6.45, 7) is -0.131. The highest BCUT2D eigenvalue weighted by Gasteiger charge is 2.60. The summed E-state index contributed by atoms with van der Waals surface area (Å²) in [4.78, 5) is 23.2. The normalized spacial score (nSPS) is 32.3. The molecule has 1 aromatic carbocycles. The van der Waals surface area contributed by atoms with Gasteiger partial charge >= 0.3 is 5.97 Å². The zero-order valence-corrected chi connectivity index (χ0v) is 15.7. The highest BCUT2D eigenvalue weighted by molar-refractivity contribution is 5.77. The van der Waals surface area contributed by atoms with Gasteiger partial charge in [0.15, 0.2) is 6.61 Å². The minimum absolute atomic E-state index is 0.0281. The second-order valence-corrected chi connectivity index (χ2v) is 8.85. The van der Waals surface area contributed by atoms with Gasteiger partial charge in [0.2, 0.25) is 5.89 Å². The molecule has 9 heteroatoms. The number of rotatable bonds is 5. The number of nitro groups is 1. The zero-order valence-electron chi connectivity index (χ0n) is 15.7. The van der Waals surface area contributed by atoms with Gasteiger partial charge in [0.25, 0.3) is 11.6 Å². The van der Waals surface area contributed by atoms with Crippen LogP contribution in [0.5, 0.6) is 0 Å². The topological polar surface area (TPSA) is 129 Å². The van der Waals surface area contributed by atoms with E-state index >= 15 is 0 Å². The molecule has 29 heavy (non-hydrogen) atoms. The SMILES string of the molecule is O=C(OCc1nnc(-c2ccc([N+](=O)[O-])cc2)o1)C12C[C@@H]3C[C@@H](CC(O)(C3)C1)C2. The molecular weight excluding hydrogens is 378 g/mol. The molecule has 1 heterocycles. The van der Waals surface area contributed by atoms with E-state index in [2.05, 4.69) is 10.2 Å². The summed E-state index contributed by atoms with van der Waals surface area (Å²) in [5, 5.41) is 29.4. The van der Waals surface area contributed by atoms with Crippen LogP contribution in [0, 0.1) is 27.4 Å². The monoisotopic (exact) mass is 399 g/mol.